The van der Waals surface area contributed by atoms with Gasteiger partial charge in [-0.15, -0.1) is 0 Å². The number of carbonyl (C=O) groups is 2. The van der Waals surface area contributed by atoms with Crippen LogP contribution in [0, 0.1) is 11.8 Å². The minimum atomic E-state index is -0.801. The van der Waals surface area contributed by atoms with Crippen molar-refractivity contribution in [3.05, 3.63) is 29.8 Å². The van der Waals surface area contributed by atoms with Crippen LogP contribution >= 0.6 is 0 Å². The molecule has 1 amide bonds. The molecule has 0 unspecified atom stereocenters. The molecule has 3 rings (SSSR count). The van der Waals surface area contributed by atoms with Gasteiger partial charge in [0, 0.05) is 19.0 Å². The summed E-state index contributed by atoms with van der Waals surface area (Å²) >= 11 is 0. The third-order valence-electron chi connectivity index (χ3n) is 4.48. The smallest absolute Gasteiger partial charge is 0.308 e. The zero-order valence-corrected chi connectivity index (χ0v) is 12.0. The van der Waals surface area contributed by atoms with E-state index in [2.05, 4.69) is 0 Å². The van der Waals surface area contributed by atoms with Gasteiger partial charge in [0.1, 0.15) is 5.75 Å². The second-order valence-electron chi connectivity index (χ2n) is 5.83. The number of benzene rings is 1. The summed E-state index contributed by atoms with van der Waals surface area (Å²) in [6.45, 7) is 0.923. The Labute approximate surface area is 123 Å². The van der Waals surface area contributed by atoms with E-state index in [0.29, 0.717) is 19.5 Å². The van der Waals surface area contributed by atoms with Crippen molar-refractivity contribution >= 4 is 11.9 Å². The van der Waals surface area contributed by atoms with E-state index in [4.69, 9.17) is 9.84 Å². The summed E-state index contributed by atoms with van der Waals surface area (Å²) < 4.78 is 5.21. The van der Waals surface area contributed by atoms with Crippen LogP contribution in [0.3, 0.4) is 0 Å². The molecular weight excluding hydrogens is 270 g/mol. The number of amides is 1. The summed E-state index contributed by atoms with van der Waals surface area (Å²) in [6.07, 6.45) is 1.41. The van der Waals surface area contributed by atoms with Crippen LogP contribution in [0.15, 0.2) is 24.3 Å². The lowest BCUT2D eigenvalue weighted by Gasteiger charge is -2.15. The average molecular weight is 289 g/mol. The van der Waals surface area contributed by atoms with Crippen molar-refractivity contribution in [2.75, 3.05) is 20.2 Å². The third kappa shape index (κ3) is 2.73. The average Bonchev–Trinajstić information content (AvgIpc) is 3.14. The molecule has 0 spiro atoms. The van der Waals surface area contributed by atoms with E-state index in [0.717, 1.165) is 17.7 Å². The van der Waals surface area contributed by atoms with Crippen molar-refractivity contribution in [3.63, 3.8) is 0 Å². The molecule has 1 aliphatic carbocycles. The third-order valence-corrected chi connectivity index (χ3v) is 4.48. The minimum absolute atomic E-state index is 0.00431. The first-order valence-corrected chi connectivity index (χ1v) is 7.25. The predicted molar refractivity (Wildman–Crippen MR) is 76.2 cm³/mol. The Hall–Kier alpha value is -2.04. The Morgan fingerprint density at radius 3 is 2.86 bits per heavy atom. The molecule has 1 aliphatic heterocycles. The van der Waals surface area contributed by atoms with Crippen LogP contribution < -0.4 is 4.74 Å². The van der Waals surface area contributed by atoms with Gasteiger partial charge in [-0.3, -0.25) is 9.59 Å². The van der Waals surface area contributed by atoms with Crippen LogP contribution in [-0.4, -0.2) is 42.1 Å². The fourth-order valence-corrected chi connectivity index (χ4v) is 3.10. The van der Waals surface area contributed by atoms with E-state index in [1.807, 2.05) is 24.3 Å². The quantitative estimate of drug-likeness (QED) is 0.916. The molecule has 0 bridgehead atoms. The van der Waals surface area contributed by atoms with Crippen LogP contribution in [0.1, 0.15) is 24.3 Å². The van der Waals surface area contributed by atoms with Crippen molar-refractivity contribution in [2.45, 2.75) is 18.8 Å². The standard InChI is InChI=1S/C16H19NO4/c1-21-12-4-2-3-10(7-12)13-8-14(13)15(18)17-6-5-11(9-17)16(19)20/h2-4,7,11,13-14H,5-6,8-9H2,1H3,(H,19,20)/t11-,13+,14-/m1/s1. The highest BCUT2D eigenvalue weighted by molar-refractivity contribution is 5.84. The molecule has 0 radical (unpaired) electrons. The predicted octanol–water partition coefficient (Wildman–Crippen LogP) is 1.73. The van der Waals surface area contributed by atoms with Gasteiger partial charge < -0.3 is 14.7 Å². The highest BCUT2D eigenvalue weighted by Crippen LogP contribution is 2.49. The molecule has 1 N–H and O–H groups in total. The number of likely N-dealkylation sites (tertiary alicyclic amines) is 1. The summed E-state index contributed by atoms with van der Waals surface area (Å²) in [5.41, 5.74) is 1.13. The van der Waals surface area contributed by atoms with Gasteiger partial charge in [0.15, 0.2) is 0 Å². The lowest BCUT2D eigenvalue weighted by Crippen LogP contribution is -2.31. The summed E-state index contributed by atoms with van der Waals surface area (Å²) in [5.74, 6) is -0.0428. The topological polar surface area (TPSA) is 66.8 Å². The molecule has 2 fully saturated rings. The minimum Gasteiger partial charge on any atom is -0.497 e. The maximum absolute atomic E-state index is 12.4. The first-order chi connectivity index (χ1) is 10.1. The summed E-state index contributed by atoms with van der Waals surface area (Å²) in [7, 11) is 1.63. The number of carbonyl (C=O) groups excluding carboxylic acids is 1. The number of hydrogen-bond donors (Lipinski definition) is 1. The molecule has 2 aliphatic rings. The van der Waals surface area contributed by atoms with E-state index in [1.54, 1.807) is 12.0 Å². The first kappa shape index (κ1) is 13.9. The molecule has 3 atom stereocenters. The zero-order chi connectivity index (χ0) is 15.0. The van der Waals surface area contributed by atoms with Gasteiger partial charge in [-0.2, -0.15) is 0 Å². The lowest BCUT2D eigenvalue weighted by molar-refractivity contribution is -0.141. The maximum atomic E-state index is 12.4. The molecule has 1 aromatic carbocycles. The SMILES string of the molecule is COc1cccc([C@@H]2C[C@H]2C(=O)N2CC[C@@H](C(=O)O)C2)c1. The molecule has 5 nitrogen and oxygen atoms in total. The molecule has 0 aromatic heterocycles. The maximum Gasteiger partial charge on any atom is 0.308 e. The Morgan fingerprint density at radius 2 is 2.19 bits per heavy atom. The summed E-state index contributed by atoms with van der Waals surface area (Å²) in [6, 6.07) is 7.82. The van der Waals surface area contributed by atoms with Crippen LogP contribution in [0.2, 0.25) is 0 Å². The van der Waals surface area contributed by atoms with Crippen molar-refractivity contribution in [2.24, 2.45) is 11.8 Å². The zero-order valence-electron chi connectivity index (χ0n) is 12.0. The van der Waals surface area contributed by atoms with Crippen LogP contribution in [-0.2, 0) is 9.59 Å². The van der Waals surface area contributed by atoms with Crippen LogP contribution in [0.5, 0.6) is 5.75 Å². The molecule has 1 saturated heterocycles. The Balaban J connectivity index is 1.62. The van der Waals surface area contributed by atoms with Crippen molar-refractivity contribution in [1.29, 1.82) is 0 Å². The van der Waals surface area contributed by atoms with Crippen molar-refractivity contribution < 1.29 is 19.4 Å². The molecular formula is C16H19NO4. The second kappa shape index (κ2) is 5.39. The number of aliphatic carboxylic acids is 1. The van der Waals surface area contributed by atoms with E-state index in [-0.39, 0.29) is 17.7 Å². The van der Waals surface area contributed by atoms with Gasteiger partial charge >= 0.3 is 5.97 Å². The molecule has 21 heavy (non-hydrogen) atoms. The van der Waals surface area contributed by atoms with Crippen LogP contribution in [0.25, 0.3) is 0 Å². The van der Waals surface area contributed by atoms with E-state index in [1.165, 1.54) is 0 Å². The van der Waals surface area contributed by atoms with Gasteiger partial charge in [0.05, 0.1) is 13.0 Å². The van der Waals surface area contributed by atoms with E-state index in [9.17, 15) is 9.59 Å². The lowest BCUT2D eigenvalue weighted by atomic mass is 10.1. The fourth-order valence-electron chi connectivity index (χ4n) is 3.10. The van der Waals surface area contributed by atoms with Gasteiger partial charge in [-0.1, -0.05) is 12.1 Å². The first-order valence-electron chi connectivity index (χ1n) is 7.25. The molecule has 1 saturated carbocycles. The Bertz CT molecular complexity index is 571. The second-order valence-corrected chi connectivity index (χ2v) is 5.83. The number of methoxy groups -OCH3 is 1. The van der Waals surface area contributed by atoms with Gasteiger partial charge in [0.2, 0.25) is 5.91 Å². The normalized spacial score (nSPS) is 27.5. The number of hydrogen-bond acceptors (Lipinski definition) is 3. The monoisotopic (exact) mass is 289 g/mol. The highest BCUT2D eigenvalue weighted by atomic mass is 16.5. The molecule has 112 valence electrons. The summed E-state index contributed by atoms with van der Waals surface area (Å²) in [5, 5.41) is 9.00. The van der Waals surface area contributed by atoms with Crippen LogP contribution in [0.4, 0.5) is 0 Å². The molecule has 1 aromatic rings. The van der Waals surface area contributed by atoms with E-state index >= 15 is 0 Å². The fraction of sp³-hybridized carbons (Fsp3) is 0.500. The summed E-state index contributed by atoms with van der Waals surface area (Å²) in [4.78, 5) is 25.1. The molecule has 1 heterocycles. The highest BCUT2D eigenvalue weighted by Gasteiger charge is 2.47. The van der Waals surface area contributed by atoms with Gasteiger partial charge in [0.25, 0.3) is 0 Å². The molecule has 5 heteroatoms. The number of nitrogens with zero attached hydrogens (tertiary/aromatic N) is 1. The van der Waals surface area contributed by atoms with Crippen molar-refractivity contribution in [3.8, 4) is 5.75 Å². The van der Waals surface area contributed by atoms with Crippen molar-refractivity contribution in [1.82, 2.24) is 4.90 Å². The number of carboxylic acid groups (broad SMARTS) is 1. The van der Waals surface area contributed by atoms with Gasteiger partial charge in [-0.25, -0.2) is 0 Å². The van der Waals surface area contributed by atoms with E-state index < -0.39 is 11.9 Å². The Morgan fingerprint density at radius 1 is 1.38 bits per heavy atom. The number of carboxylic acids is 1. The largest absolute Gasteiger partial charge is 0.497 e. The Kier molecular flexibility index (Phi) is 3.57. The van der Waals surface area contributed by atoms with Gasteiger partial charge in [-0.05, 0) is 36.5 Å². The number of ether oxygens (including phenoxy) is 1. The number of rotatable bonds is 4.